The van der Waals surface area contributed by atoms with Gasteiger partial charge in [-0.25, -0.2) is 4.98 Å². The van der Waals surface area contributed by atoms with Crippen LogP contribution in [0.4, 0.5) is 0 Å². The monoisotopic (exact) mass is 312 g/mol. The zero-order chi connectivity index (χ0) is 15.6. The summed E-state index contributed by atoms with van der Waals surface area (Å²) in [5.41, 5.74) is 0.703. The average molecular weight is 312 g/mol. The van der Waals surface area contributed by atoms with Gasteiger partial charge in [-0.1, -0.05) is 6.92 Å². The molecule has 2 unspecified atom stereocenters. The van der Waals surface area contributed by atoms with Gasteiger partial charge < -0.3 is 14.7 Å². The summed E-state index contributed by atoms with van der Waals surface area (Å²) in [6.45, 7) is 6.59. The topological polar surface area (TPSA) is 79.7 Å². The van der Waals surface area contributed by atoms with Gasteiger partial charge in [-0.2, -0.15) is 0 Å². The Morgan fingerprint density at radius 1 is 1.43 bits per heavy atom. The van der Waals surface area contributed by atoms with Crippen LogP contribution in [0.5, 0.6) is 0 Å². The highest BCUT2D eigenvalue weighted by Crippen LogP contribution is 2.25. The zero-order valence-electron chi connectivity index (χ0n) is 12.5. The summed E-state index contributed by atoms with van der Waals surface area (Å²) >= 11 is 1.35. The van der Waals surface area contributed by atoms with E-state index in [-0.39, 0.29) is 19.1 Å². The first kappa shape index (κ1) is 15.9. The Bertz CT molecular complexity index is 543. The summed E-state index contributed by atoms with van der Waals surface area (Å²) in [5, 5.41) is 10.1. The van der Waals surface area contributed by atoms with Gasteiger partial charge in [0.15, 0.2) is 0 Å². The Morgan fingerprint density at radius 2 is 2.14 bits per heavy atom. The molecule has 116 valence electrons. The number of ether oxygens (including phenoxy) is 1. The highest BCUT2D eigenvalue weighted by atomic mass is 32.1. The van der Waals surface area contributed by atoms with Gasteiger partial charge in [-0.05, 0) is 20.3 Å². The maximum Gasteiger partial charge on any atom is 0.311 e. The van der Waals surface area contributed by atoms with E-state index >= 15 is 0 Å². The van der Waals surface area contributed by atoms with Crippen LogP contribution in [0.3, 0.4) is 0 Å². The Morgan fingerprint density at radius 3 is 2.67 bits per heavy atom. The molecular weight excluding hydrogens is 292 g/mol. The van der Waals surface area contributed by atoms with E-state index in [1.54, 1.807) is 11.8 Å². The first-order valence-electron chi connectivity index (χ1n) is 7.01. The molecule has 0 bridgehead atoms. The standard InChI is InChI=1S/C14H20N2O4S/c1-4-5-16(11-7-20-6-10(11)14(18)19)13(17)12-8(2)15-9(3)21-12/h10-11H,4-7H2,1-3H3,(H,18,19). The van der Waals surface area contributed by atoms with Crippen molar-refractivity contribution < 1.29 is 19.4 Å². The summed E-state index contributed by atoms with van der Waals surface area (Å²) in [7, 11) is 0. The van der Waals surface area contributed by atoms with Gasteiger partial charge in [0.05, 0.1) is 30.0 Å². The van der Waals surface area contributed by atoms with Gasteiger partial charge in [0.25, 0.3) is 5.91 Å². The van der Waals surface area contributed by atoms with Crippen molar-refractivity contribution in [3.8, 4) is 0 Å². The predicted octanol–water partition coefficient (Wildman–Crippen LogP) is 1.71. The minimum atomic E-state index is -0.913. The molecule has 0 spiro atoms. The van der Waals surface area contributed by atoms with E-state index in [9.17, 15) is 14.7 Å². The highest BCUT2D eigenvalue weighted by Gasteiger charge is 2.40. The van der Waals surface area contributed by atoms with Crippen LogP contribution < -0.4 is 0 Å². The third-order valence-electron chi connectivity index (χ3n) is 3.59. The first-order valence-corrected chi connectivity index (χ1v) is 7.82. The minimum Gasteiger partial charge on any atom is -0.481 e. The molecule has 0 saturated carbocycles. The maximum atomic E-state index is 12.8. The average Bonchev–Trinajstić information content (AvgIpc) is 3.01. The van der Waals surface area contributed by atoms with Gasteiger partial charge in [-0.15, -0.1) is 11.3 Å². The van der Waals surface area contributed by atoms with Crippen LogP contribution in [0.1, 0.15) is 33.7 Å². The summed E-state index contributed by atoms with van der Waals surface area (Å²) in [6, 6.07) is -0.406. The second-order valence-electron chi connectivity index (χ2n) is 5.20. The second kappa shape index (κ2) is 6.53. The molecule has 21 heavy (non-hydrogen) atoms. The molecule has 1 aromatic heterocycles. The van der Waals surface area contributed by atoms with Gasteiger partial charge >= 0.3 is 5.97 Å². The lowest BCUT2D eigenvalue weighted by Gasteiger charge is -2.30. The number of carboxylic acid groups (broad SMARTS) is 1. The van der Waals surface area contributed by atoms with Crippen LogP contribution in [0.2, 0.25) is 0 Å². The number of hydrogen-bond acceptors (Lipinski definition) is 5. The molecule has 0 radical (unpaired) electrons. The van der Waals surface area contributed by atoms with Crippen molar-refractivity contribution in [3.05, 3.63) is 15.6 Å². The third kappa shape index (κ3) is 3.24. The fraction of sp³-hybridized carbons (Fsp3) is 0.643. The van der Waals surface area contributed by atoms with Crippen molar-refractivity contribution in [2.24, 2.45) is 5.92 Å². The molecule has 0 aromatic carbocycles. The summed E-state index contributed by atoms with van der Waals surface area (Å²) in [5.74, 6) is -1.71. The van der Waals surface area contributed by atoms with Crippen LogP contribution >= 0.6 is 11.3 Å². The Kier molecular flexibility index (Phi) is 4.95. The number of hydrogen-bond donors (Lipinski definition) is 1. The van der Waals surface area contributed by atoms with Crippen LogP contribution in [0.25, 0.3) is 0 Å². The molecule has 1 amide bonds. The minimum absolute atomic E-state index is 0.137. The number of rotatable bonds is 5. The molecular formula is C14H20N2O4S. The number of thiazole rings is 1. The molecule has 2 heterocycles. The molecule has 2 rings (SSSR count). The largest absolute Gasteiger partial charge is 0.481 e. The summed E-state index contributed by atoms with van der Waals surface area (Å²) in [4.78, 5) is 30.6. The van der Waals surface area contributed by atoms with Crippen molar-refractivity contribution >= 4 is 23.2 Å². The van der Waals surface area contributed by atoms with Gasteiger partial charge in [0.1, 0.15) is 10.8 Å². The number of carbonyl (C=O) groups is 2. The fourth-order valence-electron chi connectivity index (χ4n) is 2.61. The molecule has 0 aliphatic carbocycles. The van der Waals surface area contributed by atoms with Crippen molar-refractivity contribution in [1.82, 2.24) is 9.88 Å². The van der Waals surface area contributed by atoms with E-state index in [0.717, 1.165) is 11.4 Å². The molecule has 1 N–H and O–H groups in total. The number of carbonyl (C=O) groups excluding carboxylic acids is 1. The van der Waals surface area contributed by atoms with Gasteiger partial charge in [-0.3, -0.25) is 9.59 Å². The summed E-state index contributed by atoms with van der Waals surface area (Å²) < 4.78 is 5.29. The molecule has 7 heteroatoms. The molecule has 1 fully saturated rings. The lowest BCUT2D eigenvalue weighted by Crippen LogP contribution is -2.46. The third-order valence-corrected chi connectivity index (χ3v) is 4.65. The molecule has 1 saturated heterocycles. The van der Waals surface area contributed by atoms with Crippen LogP contribution in [-0.4, -0.2) is 52.7 Å². The van der Waals surface area contributed by atoms with Gasteiger partial charge in [0.2, 0.25) is 0 Å². The quantitative estimate of drug-likeness (QED) is 0.895. The van der Waals surface area contributed by atoms with Crippen molar-refractivity contribution in [1.29, 1.82) is 0 Å². The van der Waals surface area contributed by atoms with Crippen molar-refractivity contribution in [2.75, 3.05) is 19.8 Å². The van der Waals surface area contributed by atoms with Gasteiger partial charge in [0, 0.05) is 6.54 Å². The predicted molar refractivity (Wildman–Crippen MR) is 78.6 cm³/mol. The van der Waals surface area contributed by atoms with Crippen LogP contribution in [0.15, 0.2) is 0 Å². The van der Waals surface area contributed by atoms with E-state index in [1.807, 2.05) is 13.8 Å². The fourth-order valence-corrected chi connectivity index (χ4v) is 3.48. The smallest absolute Gasteiger partial charge is 0.311 e. The van der Waals surface area contributed by atoms with Crippen LogP contribution in [0, 0.1) is 19.8 Å². The Hall–Kier alpha value is -1.47. The normalized spacial score (nSPS) is 21.5. The number of carboxylic acids is 1. The van der Waals surface area contributed by atoms with Crippen molar-refractivity contribution in [2.45, 2.75) is 33.2 Å². The van der Waals surface area contributed by atoms with Crippen molar-refractivity contribution in [3.63, 3.8) is 0 Å². The molecule has 1 aliphatic rings. The molecule has 1 aliphatic heterocycles. The lowest BCUT2D eigenvalue weighted by molar-refractivity contribution is -0.142. The second-order valence-corrected chi connectivity index (χ2v) is 6.40. The lowest BCUT2D eigenvalue weighted by atomic mass is 10.0. The number of aryl methyl sites for hydroxylation is 2. The Labute approximate surface area is 127 Å². The number of amides is 1. The number of aliphatic carboxylic acids is 1. The molecule has 2 atom stereocenters. The van der Waals surface area contributed by atoms with Crippen LogP contribution in [-0.2, 0) is 9.53 Å². The van der Waals surface area contributed by atoms with E-state index < -0.39 is 17.9 Å². The number of aromatic nitrogens is 1. The summed E-state index contributed by atoms with van der Waals surface area (Å²) in [6.07, 6.45) is 0.769. The Balaban J connectivity index is 2.28. The molecule has 1 aromatic rings. The highest BCUT2D eigenvalue weighted by molar-refractivity contribution is 7.13. The van der Waals surface area contributed by atoms with E-state index in [2.05, 4.69) is 4.98 Å². The van der Waals surface area contributed by atoms with E-state index in [4.69, 9.17) is 4.74 Å². The van der Waals surface area contributed by atoms with E-state index in [0.29, 0.717) is 17.1 Å². The SMILES string of the molecule is CCCN(C(=O)c1sc(C)nc1C)C1COCC1C(=O)O. The maximum absolute atomic E-state index is 12.8. The number of nitrogens with zero attached hydrogens (tertiary/aromatic N) is 2. The first-order chi connectivity index (χ1) is 9.95. The van der Waals surface area contributed by atoms with E-state index in [1.165, 1.54) is 11.3 Å². The molecule has 6 nitrogen and oxygen atoms in total. The zero-order valence-corrected chi connectivity index (χ0v) is 13.3.